The zero-order valence-corrected chi connectivity index (χ0v) is 20.7. The monoisotopic (exact) mass is 469 g/mol. The summed E-state index contributed by atoms with van der Waals surface area (Å²) in [4.78, 5) is 44.9. The molecular formula is C25H35N5O4. The van der Waals surface area contributed by atoms with E-state index in [0.29, 0.717) is 42.2 Å². The summed E-state index contributed by atoms with van der Waals surface area (Å²) in [6, 6.07) is 7.24. The highest BCUT2D eigenvalue weighted by atomic mass is 16.5. The van der Waals surface area contributed by atoms with E-state index in [2.05, 4.69) is 29.1 Å². The Morgan fingerprint density at radius 1 is 1.12 bits per heavy atom. The number of carbonyl (C=O) groups is 1. The molecule has 0 saturated carbocycles. The molecule has 2 heterocycles. The molecule has 9 nitrogen and oxygen atoms in total. The van der Waals surface area contributed by atoms with Crippen LogP contribution in [0.2, 0.25) is 0 Å². The van der Waals surface area contributed by atoms with Gasteiger partial charge in [-0.05, 0) is 50.5 Å². The fourth-order valence-corrected chi connectivity index (χ4v) is 3.83. The van der Waals surface area contributed by atoms with Gasteiger partial charge in [-0.15, -0.1) is 0 Å². The molecule has 0 fully saturated rings. The highest BCUT2D eigenvalue weighted by molar-refractivity contribution is 5.90. The molecule has 2 aromatic heterocycles. The molecule has 0 bridgehead atoms. The maximum Gasteiger partial charge on any atom is 0.330 e. The Balaban J connectivity index is 1.82. The lowest BCUT2D eigenvalue weighted by molar-refractivity contribution is -0.116. The van der Waals surface area contributed by atoms with Crippen LogP contribution >= 0.6 is 0 Å². The Labute approximate surface area is 199 Å². The van der Waals surface area contributed by atoms with Crippen LogP contribution in [0.25, 0.3) is 11.2 Å². The quantitative estimate of drug-likeness (QED) is 0.445. The van der Waals surface area contributed by atoms with Crippen LogP contribution < -0.4 is 21.3 Å². The van der Waals surface area contributed by atoms with Gasteiger partial charge in [-0.2, -0.15) is 0 Å². The number of hydrogen-bond acceptors (Lipinski definition) is 5. The van der Waals surface area contributed by atoms with Crippen LogP contribution in [0.1, 0.15) is 59.7 Å². The maximum atomic E-state index is 12.7. The molecule has 9 heteroatoms. The second-order valence-corrected chi connectivity index (χ2v) is 9.21. The topological polar surface area (TPSA) is 111 Å². The molecule has 0 spiro atoms. The number of imidazole rings is 1. The number of carbonyl (C=O) groups excluding carboxylic acids is 1. The van der Waals surface area contributed by atoms with E-state index in [1.807, 2.05) is 37.5 Å². The number of H-pyrrole nitrogens is 1. The molecule has 0 aliphatic heterocycles. The first-order chi connectivity index (χ1) is 16.2. The number of aryl methyl sites for hydroxylation is 2. The van der Waals surface area contributed by atoms with Crippen molar-refractivity contribution in [1.29, 1.82) is 0 Å². The summed E-state index contributed by atoms with van der Waals surface area (Å²) in [6.07, 6.45) is 2.34. The van der Waals surface area contributed by atoms with E-state index in [4.69, 9.17) is 4.74 Å². The number of rotatable bonds is 11. The van der Waals surface area contributed by atoms with Gasteiger partial charge in [0.25, 0.3) is 5.56 Å². The number of ether oxygens (including phenoxy) is 1. The van der Waals surface area contributed by atoms with Crippen LogP contribution in [0.15, 0.2) is 33.9 Å². The lowest BCUT2D eigenvalue weighted by Crippen LogP contribution is -2.31. The van der Waals surface area contributed by atoms with Gasteiger partial charge in [-0.25, -0.2) is 9.78 Å². The van der Waals surface area contributed by atoms with Crippen molar-refractivity contribution < 1.29 is 9.53 Å². The maximum absolute atomic E-state index is 12.7. The molecule has 184 valence electrons. The summed E-state index contributed by atoms with van der Waals surface area (Å²) in [6.45, 7) is 11.1. The number of aromatic amines is 1. The SMILES string of the molecule is CCCCn1c(=O)[nH]c(=O)c2c1nc(CCC(=O)Nc1ccc(OC(C)C)cc1)n2CC(C)C. The van der Waals surface area contributed by atoms with E-state index in [-0.39, 0.29) is 24.3 Å². The van der Waals surface area contributed by atoms with Gasteiger partial charge in [0.15, 0.2) is 11.2 Å². The number of anilines is 1. The average molecular weight is 470 g/mol. The predicted molar refractivity (Wildman–Crippen MR) is 134 cm³/mol. The van der Waals surface area contributed by atoms with E-state index in [1.165, 1.54) is 4.57 Å². The number of amides is 1. The molecule has 1 amide bonds. The fraction of sp³-hybridized carbons (Fsp3) is 0.520. The Hall–Kier alpha value is -3.36. The predicted octanol–water partition coefficient (Wildman–Crippen LogP) is 3.70. The molecule has 3 rings (SSSR count). The van der Waals surface area contributed by atoms with Gasteiger partial charge >= 0.3 is 5.69 Å². The number of fused-ring (bicyclic) bond motifs is 1. The third-order valence-corrected chi connectivity index (χ3v) is 5.33. The third-order valence-electron chi connectivity index (χ3n) is 5.33. The van der Waals surface area contributed by atoms with E-state index >= 15 is 0 Å². The lowest BCUT2D eigenvalue weighted by Gasteiger charge is -2.12. The molecule has 0 saturated heterocycles. The van der Waals surface area contributed by atoms with Crippen LogP contribution in [0.3, 0.4) is 0 Å². The molecule has 3 aromatic rings. The minimum absolute atomic E-state index is 0.0797. The fourth-order valence-electron chi connectivity index (χ4n) is 3.83. The minimum Gasteiger partial charge on any atom is -0.491 e. The van der Waals surface area contributed by atoms with Crippen molar-refractivity contribution in [3.8, 4) is 5.75 Å². The summed E-state index contributed by atoms with van der Waals surface area (Å²) in [5.41, 5.74) is 0.566. The Bertz CT molecular complexity index is 1240. The Kier molecular flexibility index (Phi) is 8.31. The van der Waals surface area contributed by atoms with Crippen molar-refractivity contribution in [2.24, 2.45) is 5.92 Å². The van der Waals surface area contributed by atoms with Crippen LogP contribution in [0, 0.1) is 5.92 Å². The summed E-state index contributed by atoms with van der Waals surface area (Å²) in [7, 11) is 0. The van der Waals surface area contributed by atoms with Gasteiger partial charge in [0.2, 0.25) is 5.91 Å². The van der Waals surface area contributed by atoms with Crippen LogP contribution in [-0.4, -0.2) is 31.1 Å². The van der Waals surface area contributed by atoms with Gasteiger partial charge in [-0.3, -0.25) is 19.1 Å². The third kappa shape index (κ3) is 6.15. The van der Waals surface area contributed by atoms with Crippen molar-refractivity contribution >= 4 is 22.8 Å². The Morgan fingerprint density at radius 2 is 1.82 bits per heavy atom. The van der Waals surface area contributed by atoms with Crippen molar-refractivity contribution in [1.82, 2.24) is 19.1 Å². The molecule has 1 aromatic carbocycles. The minimum atomic E-state index is -0.450. The number of nitrogens with one attached hydrogen (secondary N) is 2. The van der Waals surface area contributed by atoms with Crippen molar-refractivity contribution in [3.05, 3.63) is 50.9 Å². The zero-order valence-electron chi connectivity index (χ0n) is 20.7. The number of unbranched alkanes of at least 4 members (excludes halogenated alkanes) is 1. The van der Waals surface area contributed by atoms with E-state index in [0.717, 1.165) is 18.6 Å². The number of nitrogens with zero attached hydrogens (tertiary/aromatic N) is 3. The van der Waals surface area contributed by atoms with Crippen molar-refractivity contribution in [2.45, 2.75) is 79.5 Å². The van der Waals surface area contributed by atoms with Crippen LogP contribution in [0.5, 0.6) is 5.75 Å². The highest BCUT2D eigenvalue weighted by Crippen LogP contribution is 2.19. The summed E-state index contributed by atoms with van der Waals surface area (Å²) < 4.78 is 9.01. The first-order valence-electron chi connectivity index (χ1n) is 12.0. The molecule has 0 aliphatic carbocycles. The normalized spacial score (nSPS) is 11.5. The number of benzene rings is 1. The second kappa shape index (κ2) is 11.2. The first kappa shape index (κ1) is 25.3. The second-order valence-electron chi connectivity index (χ2n) is 9.21. The first-order valence-corrected chi connectivity index (χ1v) is 12.0. The smallest absolute Gasteiger partial charge is 0.330 e. The number of aromatic nitrogens is 4. The average Bonchev–Trinajstić information content (AvgIpc) is 3.11. The van der Waals surface area contributed by atoms with Crippen molar-refractivity contribution in [2.75, 3.05) is 5.32 Å². The molecule has 0 atom stereocenters. The van der Waals surface area contributed by atoms with E-state index < -0.39 is 11.2 Å². The molecule has 34 heavy (non-hydrogen) atoms. The highest BCUT2D eigenvalue weighted by Gasteiger charge is 2.19. The van der Waals surface area contributed by atoms with Gasteiger partial charge in [0, 0.05) is 31.6 Å². The molecule has 0 aliphatic rings. The summed E-state index contributed by atoms with van der Waals surface area (Å²) >= 11 is 0. The van der Waals surface area contributed by atoms with Crippen molar-refractivity contribution in [3.63, 3.8) is 0 Å². The summed E-state index contributed by atoms with van der Waals surface area (Å²) in [5, 5.41) is 2.89. The molecular weight excluding hydrogens is 434 g/mol. The summed E-state index contributed by atoms with van der Waals surface area (Å²) in [5.74, 6) is 1.47. The zero-order chi connectivity index (χ0) is 24.8. The molecule has 0 unspecified atom stereocenters. The lowest BCUT2D eigenvalue weighted by atomic mass is 10.2. The van der Waals surface area contributed by atoms with Crippen LogP contribution in [0.4, 0.5) is 5.69 Å². The standard InChI is InChI=1S/C25H35N5O4/c1-6-7-14-29-23-22(24(32)28-25(29)33)30(15-16(2)3)20(27-23)12-13-21(31)26-18-8-10-19(11-9-18)34-17(4)5/h8-11,16-17H,6-7,12-15H2,1-5H3,(H,26,31)(H,28,32,33). The number of hydrogen-bond donors (Lipinski definition) is 2. The van der Waals surface area contributed by atoms with Gasteiger partial charge in [0.1, 0.15) is 11.6 Å². The van der Waals surface area contributed by atoms with Gasteiger partial charge in [-0.1, -0.05) is 27.2 Å². The largest absolute Gasteiger partial charge is 0.491 e. The Morgan fingerprint density at radius 3 is 2.44 bits per heavy atom. The van der Waals surface area contributed by atoms with Crippen LogP contribution in [-0.2, 0) is 24.3 Å². The van der Waals surface area contributed by atoms with E-state index in [1.54, 1.807) is 12.1 Å². The van der Waals surface area contributed by atoms with Gasteiger partial charge in [0.05, 0.1) is 6.10 Å². The van der Waals surface area contributed by atoms with E-state index in [9.17, 15) is 14.4 Å². The molecule has 2 N–H and O–H groups in total. The molecule has 0 radical (unpaired) electrons. The van der Waals surface area contributed by atoms with Gasteiger partial charge < -0.3 is 14.6 Å².